The molecule has 0 bridgehead atoms. The molecule has 0 aromatic carbocycles. The van der Waals surface area contributed by atoms with Crippen molar-refractivity contribution in [1.82, 2.24) is 34.8 Å². The van der Waals surface area contributed by atoms with Crippen LogP contribution < -0.4 is 0 Å². The summed E-state index contributed by atoms with van der Waals surface area (Å²) < 4.78 is 7.82. The molecule has 0 spiro atoms. The van der Waals surface area contributed by atoms with Crippen molar-refractivity contribution in [3.05, 3.63) is 78.1 Å². The molecule has 146 valence electrons. The second kappa shape index (κ2) is 7.92. The van der Waals surface area contributed by atoms with Crippen molar-refractivity contribution in [1.29, 1.82) is 0 Å². The maximum atomic E-state index is 5.57. The summed E-state index contributed by atoms with van der Waals surface area (Å²) in [5.41, 5.74) is 3.00. The van der Waals surface area contributed by atoms with Crippen LogP contribution in [0.25, 0.3) is 11.3 Å². The zero-order chi connectivity index (χ0) is 19.5. The van der Waals surface area contributed by atoms with Gasteiger partial charge in [0.2, 0.25) is 0 Å². The summed E-state index contributed by atoms with van der Waals surface area (Å²) in [5, 5.41) is 13.0. The molecular weight excluding hydrogens is 366 g/mol. The van der Waals surface area contributed by atoms with Crippen LogP contribution in [0.3, 0.4) is 0 Å². The van der Waals surface area contributed by atoms with E-state index in [1.807, 2.05) is 30.5 Å². The molecule has 0 aliphatic carbocycles. The van der Waals surface area contributed by atoms with Gasteiger partial charge in [-0.25, -0.2) is 0 Å². The Kier molecular flexibility index (Phi) is 4.83. The Morgan fingerprint density at radius 2 is 1.90 bits per heavy atom. The molecule has 0 fully saturated rings. The van der Waals surface area contributed by atoms with Gasteiger partial charge in [-0.2, -0.15) is 0 Å². The third kappa shape index (κ3) is 3.93. The fourth-order valence-electron chi connectivity index (χ4n) is 3.67. The van der Waals surface area contributed by atoms with E-state index < -0.39 is 0 Å². The highest BCUT2D eigenvalue weighted by atomic mass is 16.5. The van der Waals surface area contributed by atoms with Gasteiger partial charge in [-0.1, -0.05) is 11.2 Å². The van der Waals surface area contributed by atoms with Crippen LogP contribution in [0.2, 0.25) is 0 Å². The van der Waals surface area contributed by atoms with E-state index in [1.54, 1.807) is 18.6 Å². The van der Waals surface area contributed by atoms with E-state index in [1.165, 1.54) is 0 Å². The van der Waals surface area contributed by atoms with E-state index in [9.17, 15) is 0 Å². The second-order valence-electron chi connectivity index (χ2n) is 7.16. The number of rotatable bonds is 5. The van der Waals surface area contributed by atoms with Gasteiger partial charge < -0.3 is 9.09 Å². The van der Waals surface area contributed by atoms with Crippen LogP contribution in [0.5, 0.6) is 0 Å². The Morgan fingerprint density at radius 3 is 2.76 bits per heavy atom. The minimum absolute atomic E-state index is 0.730. The highest BCUT2D eigenvalue weighted by molar-refractivity contribution is 5.57. The van der Waals surface area contributed by atoms with Gasteiger partial charge >= 0.3 is 0 Å². The van der Waals surface area contributed by atoms with Gasteiger partial charge in [-0.15, -0.1) is 10.2 Å². The number of hydrogen-bond acceptors (Lipinski definition) is 7. The van der Waals surface area contributed by atoms with Crippen molar-refractivity contribution in [2.75, 3.05) is 13.1 Å². The van der Waals surface area contributed by atoms with Crippen LogP contribution >= 0.6 is 0 Å². The lowest BCUT2D eigenvalue weighted by molar-refractivity contribution is 0.235. The van der Waals surface area contributed by atoms with Gasteiger partial charge in [-0.05, 0) is 23.8 Å². The third-order valence-corrected chi connectivity index (χ3v) is 5.19. The van der Waals surface area contributed by atoms with Gasteiger partial charge in [-0.3, -0.25) is 14.9 Å². The molecule has 0 unspecified atom stereocenters. The summed E-state index contributed by atoms with van der Waals surface area (Å²) >= 11 is 0. The first-order valence-corrected chi connectivity index (χ1v) is 9.73. The molecule has 0 N–H and O–H groups in total. The average molecular weight is 387 g/mol. The lowest BCUT2D eigenvalue weighted by Crippen LogP contribution is -2.26. The highest BCUT2D eigenvalue weighted by Gasteiger charge is 2.20. The molecule has 4 aromatic rings. The molecule has 0 atom stereocenters. The van der Waals surface area contributed by atoms with E-state index >= 15 is 0 Å². The van der Waals surface area contributed by atoms with Crippen molar-refractivity contribution >= 4 is 0 Å². The SMILES string of the molecule is c1cncc(Cc2nnc3n2CCN(Cc2cc(-c4ccncc4)no2)CC3)c1. The minimum Gasteiger partial charge on any atom is -0.359 e. The Labute approximate surface area is 168 Å². The van der Waals surface area contributed by atoms with Gasteiger partial charge in [0, 0.05) is 68.9 Å². The summed E-state index contributed by atoms with van der Waals surface area (Å²) in [7, 11) is 0. The van der Waals surface area contributed by atoms with E-state index in [0.29, 0.717) is 0 Å². The molecule has 1 aliphatic rings. The zero-order valence-electron chi connectivity index (χ0n) is 16.0. The van der Waals surface area contributed by atoms with Gasteiger partial charge in [0.05, 0.1) is 6.54 Å². The highest BCUT2D eigenvalue weighted by Crippen LogP contribution is 2.20. The molecule has 0 saturated carbocycles. The Balaban J connectivity index is 1.25. The van der Waals surface area contributed by atoms with Crippen LogP contribution in [0.15, 0.2) is 59.6 Å². The second-order valence-corrected chi connectivity index (χ2v) is 7.16. The summed E-state index contributed by atoms with van der Waals surface area (Å²) in [6.45, 7) is 3.42. The predicted molar refractivity (Wildman–Crippen MR) is 106 cm³/mol. The van der Waals surface area contributed by atoms with Crippen LogP contribution in [0.4, 0.5) is 0 Å². The van der Waals surface area contributed by atoms with Gasteiger partial charge in [0.15, 0.2) is 5.76 Å². The number of pyridine rings is 2. The Bertz CT molecular complexity index is 1070. The molecule has 5 heterocycles. The molecular formula is C21H21N7O. The molecule has 29 heavy (non-hydrogen) atoms. The molecule has 0 amide bonds. The van der Waals surface area contributed by atoms with Crippen molar-refractivity contribution in [3.8, 4) is 11.3 Å². The molecule has 8 nitrogen and oxygen atoms in total. The number of aromatic nitrogens is 6. The maximum Gasteiger partial charge on any atom is 0.151 e. The molecule has 8 heteroatoms. The molecule has 4 aromatic heterocycles. The zero-order valence-corrected chi connectivity index (χ0v) is 16.0. The smallest absolute Gasteiger partial charge is 0.151 e. The standard InChI is InChI=1S/C21H21N7O/c1-2-16(14-23-6-1)12-21-25-24-20-5-9-27(10-11-28(20)21)15-18-13-19(26-29-18)17-3-7-22-8-4-17/h1-4,6-8,13-14H,5,9-12,15H2. The topological polar surface area (TPSA) is 85.8 Å². The van der Waals surface area contributed by atoms with Crippen LogP contribution in [-0.2, 0) is 25.9 Å². The van der Waals surface area contributed by atoms with Crippen LogP contribution in [0, 0.1) is 0 Å². The van der Waals surface area contributed by atoms with Crippen molar-refractivity contribution < 1.29 is 4.52 Å². The fraction of sp³-hybridized carbons (Fsp3) is 0.286. The Hall–Kier alpha value is -3.39. The minimum atomic E-state index is 0.730. The Morgan fingerprint density at radius 1 is 0.966 bits per heavy atom. The number of nitrogens with zero attached hydrogens (tertiary/aromatic N) is 7. The van der Waals surface area contributed by atoms with E-state index in [0.717, 1.165) is 73.3 Å². The fourth-order valence-corrected chi connectivity index (χ4v) is 3.67. The summed E-state index contributed by atoms with van der Waals surface area (Å²) in [5.74, 6) is 2.90. The largest absolute Gasteiger partial charge is 0.359 e. The lowest BCUT2D eigenvalue weighted by atomic mass is 10.2. The predicted octanol–water partition coefficient (Wildman–Crippen LogP) is 2.37. The summed E-state index contributed by atoms with van der Waals surface area (Å²) in [6.07, 6.45) is 8.81. The van der Waals surface area contributed by atoms with Crippen molar-refractivity contribution in [2.24, 2.45) is 0 Å². The molecule has 0 radical (unpaired) electrons. The van der Waals surface area contributed by atoms with Crippen molar-refractivity contribution in [2.45, 2.75) is 25.9 Å². The molecule has 5 rings (SSSR count). The quantitative estimate of drug-likeness (QED) is 0.520. The van der Waals surface area contributed by atoms with Gasteiger partial charge in [0.1, 0.15) is 17.3 Å². The van der Waals surface area contributed by atoms with E-state index in [-0.39, 0.29) is 0 Å². The first kappa shape index (κ1) is 17.7. The number of hydrogen-bond donors (Lipinski definition) is 0. The van der Waals surface area contributed by atoms with Crippen molar-refractivity contribution in [3.63, 3.8) is 0 Å². The summed E-state index contributed by atoms with van der Waals surface area (Å²) in [4.78, 5) is 10.6. The molecule has 0 saturated heterocycles. The maximum absolute atomic E-state index is 5.57. The lowest BCUT2D eigenvalue weighted by Gasteiger charge is -2.17. The van der Waals surface area contributed by atoms with Crippen LogP contribution in [0.1, 0.15) is 23.0 Å². The van der Waals surface area contributed by atoms with Crippen LogP contribution in [-0.4, -0.2) is 47.9 Å². The number of fused-ring (bicyclic) bond motifs is 1. The molecule has 1 aliphatic heterocycles. The summed E-state index contributed by atoms with van der Waals surface area (Å²) in [6, 6.07) is 9.90. The first-order chi connectivity index (χ1) is 14.3. The third-order valence-electron chi connectivity index (χ3n) is 5.19. The monoisotopic (exact) mass is 387 g/mol. The van der Waals surface area contributed by atoms with Gasteiger partial charge in [0.25, 0.3) is 0 Å². The normalized spacial score (nSPS) is 14.5. The average Bonchev–Trinajstić information content (AvgIpc) is 3.33. The first-order valence-electron chi connectivity index (χ1n) is 9.73. The van der Waals surface area contributed by atoms with E-state index in [2.05, 4.69) is 40.9 Å². The van der Waals surface area contributed by atoms with E-state index in [4.69, 9.17) is 4.52 Å².